The Kier molecular flexibility index (Phi) is 8.11. The van der Waals surface area contributed by atoms with Crippen LogP contribution in [0.25, 0.3) is 0 Å². The van der Waals surface area contributed by atoms with E-state index in [1.807, 2.05) is 12.1 Å². The molecule has 1 rings (SSSR count). The Morgan fingerprint density at radius 1 is 1.31 bits per heavy atom. The van der Waals surface area contributed by atoms with Gasteiger partial charge in [0.2, 0.25) is 0 Å². The molecule has 0 aliphatic heterocycles. The minimum atomic E-state index is 0.572. The lowest BCUT2D eigenvalue weighted by atomic mass is 10.1. The number of ether oxygens (including phenoxy) is 2. The van der Waals surface area contributed by atoms with Crippen molar-refractivity contribution in [1.82, 2.24) is 0 Å². The lowest BCUT2D eigenvalue weighted by molar-refractivity contribution is 0.112. The third kappa shape index (κ3) is 4.91. The van der Waals surface area contributed by atoms with Gasteiger partial charge in [-0.15, -0.1) is 0 Å². The van der Waals surface area contributed by atoms with Gasteiger partial charge in [0.15, 0.2) is 6.29 Å². The largest absolute Gasteiger partial charge is 0.496 e. The molecular formula is C12H19NO3. The van der Waals surface area contributed by atoms with Crippen LogP contribution in [0.4, 0.5) is 0 Å². The summed E-state index contributed by atoms with van der Waals surface area (Å²) in [7, 11) is 4.80. The first-order valence-corrected chi connectivity index (χ1v) is 4.95. The first kappa shape index (κ1) is 14.6. The fourth-order valence-electron chi connectivity index (χ4n) is 1.18. The number of aldehydes is 1. The van der Waals surface area contributed by atoms with Crippen molar-refractivity contribution in [3.8, 4) is 5.75 Å². The van der Waals surface area contributed by atoms with Crippen LogP contribution in [0.5, 0.6) is 5.75 Å². The van der Waals surface area contributed by atoms with Gasteiger partial charge in [0.25, 0.3) is 0 Å². The zero-order valence-electron chi connectivity index (χ0n) is 10.0. The van der Waals surface area contributed by atoms with Gasteiger partial charge in [-0.05, 0) is 30.7 Å². The monoisotopic (exact) mass is 225 g/mol. The number of hydrogen-bond acceptors (Lipinski definition) is 4. The lowest BCUT2D eigenvalue weighted by Crippen LogP contribution is -2.03. The standard InChI is InChI=1S/C10H13NO2.C2H6O/c1-13-10-6-8(4-5-11)2-3-9(10)7-12;1-3-2/h2-3,6-7H,4-5,11H2,1H3;1-2H3. The summed E-state index contributed by atoms with van der Waals surface area (Å²) in [6.07, 6.45) is 1.58. The molecule has 0 aliphatic rings. The van der Waals surface area contributed by atoms with Gasteiger partial charge in [-0.3, -0.25) is 4.79 Å². The molecule has 0 aromatic heterocycles. The molecular weight excluding hydrogens is 206 g/mol. The molecule has 0 fully saturated rings. The van der Waals surface area contributed by atoms with Crippen LogP contribution in [-0.4, -0.2) is 34.2 Å². The van der Waals surface area contributed by atoms with Crippen molar-refractivity contribution in [3.63, 3.8) is 0 Å². The van der Waals surface area contributed by atoms with Gasteiger partial charge in [-0.25, -0.2) is 0 Å². The predicted octanol–water partition coefficient (Wildman–Crippen LogP) is 1.27. The molecule has 4 heteroatoms. The van der Waals surface area contributed by atoms with Crippen LogP contribution in [0.15, 0.2) is 18.2 Å². The number of carbonyl (C=O) groups is 1. The maximum atomic E-state index is 10.6. The maximum Gasteiger partial charge on any atom is 0.153 e. The molecule has 0 radical (unpaired) electrons. The van der Waals surface area contributed by atoms with Crippen LogP contribution in [0.3, 0.4) is 0 Å². The van der Waals surface area contributed by atoms with E-state index >= 15 is 0 Å². The van der Waals surface area contributed by atoms with Gasteiger partial charge in [0.05, 0.1) is 12.7 Å². The zero-order chi connectivity index (χ0) is 12.4. The topological polar surface area (TPSA) is 61.6 Å². The number of hydrogen-bond donors (Lipinski definition) is 1. The van der Waals surface area contributed by atoms with Crippen molar-refractivity contribution in [2.45, 2.75) is 6.42 Å². The van der Waals surface area contributed by atoms with E-state index in [4.69, 9.17) is 10.5 Å². The average molecular weight is 225 g/mol. The van der Waals surface area contributed by atoms with Crippen molar-refractivity contribution >= 4 is 6.29 Å². The molecule has 1 aromatic carbocycles. The van der Waals surface area contributed by atoms with Crippen molar-refractivity contribution in [3.05, 3.63) is 29.3 Å². The Balaban J connectivity index is 0.000000673. The number of carbonyl (C=O) groups excluding carboxylic acids is 1. The normalized spacial score (nSPS) is 9.00. The Bertz CT molecular complexity index is 313. The highest BCUT2D eigenvalue weighted by Crippen LogP contribution is 2.18. The number of nitrogens with two attached hydrogens (primary N) is 1. The summed E-state index contributed by atoms with van der Waals surface area (Å²) < 4.78 is 9.30. The van der Waals surface area contributed by atoms with E-state index in [0.29, 0.717) is 17.9 Å². The molecule has 0 saturated heterocycles. The molecule has 0 heterocycles. The number of rotatable bonds is 4. The van der Waals surface area contributed by atoms with Gasteiger partial charge in [0.1, 0.15) is 5.75 Å². The molecule has 0 atom stereocenters. The van der Waals surface area contributed by atoms with Crippen LogP contribution in [-0.2, 0) is 11.2 Å². The number of methoxy groups -OCH3 is 2. The fourth-order valence-corrected chi connectivity index (χ4v) is 1.18. The smallest absolute Gasteiger partial charge is 0.153 e. The summed E-state index contributed by atoms with van der Waals surface area (Å²) in [6, 6.07) is 5.48. The van der Waals surface area contributed by atoms with Crippen molar-refractivity contribution in [2.24, 2.45) is 5.73 Å². The molecule has 16 heavy (non-hydrogen) atoms. The summed E-state index contributed by atoms with van der Waals surface area (Å²) in [6.45, 7) is 0.601. The second-order valence-corrected chi connectivity index (χ2v) is 3.14. The molecule has 0 saturated carbocycles. The molecule has 90 valence electrons. The third-order valence-electron chi connectivity index (χ3n) is 1.86. The summed E-state index contributed by atoms with van der Waals surface area (Å²) in [5.74, 6) is 0.612. The summed E-state index contributed by atoms with van der Waals surface area (Å²) in [5, 5.41) is 0. The Morgan fingerprint density at radius 3 is 2.38 bits per heavy atom. The molecule has 0 bridgehead atoms. The maximum absolute atomic E-state index is 10.6. The molecule has 2 N–H and O–H groups in total. The van der Waals surface area contributed by atoms with E-state index < -0.39 is 0 Å². The highest BCUT2D eigenvalue weighted by atomic mass is 16.5. The summed E-state index contributed by atoms with van der Waals surface area (Å²) in [4.78, 5) is 10.6. The van der Waals surface area contributed by atoms with Gasteiger partial charge in [-0.1, -0.05) is 6.07 Å². The van der Waals surface area contributed by atoms with Crippen molar-refractivity contribution in [1.29, 1.82) is 0 Å². The molecule has 1 aromatic rings. The predicted molar refractivity (Wildman–Crippen MR) is 64.1 cm³/mol. The summed E-state index contributed by atoms with van der Waals surface area (Å²) in [5.41, 5.74) is 7.07. The third-order valence-corrected chi connectivity index (χ3v) is 1.86. The highest BCUT2D eigenvalue weighted by Gasteiger charge is 2.02. The second-order valence-electron chi connectivity index (χ2n) is 3.14. The van der Waals surface area contributed by atoms with E-state index in [9.17, 15) is 4.79 Å². The first-order chi connectivity index (χ1) is 7.73. The molecule has 0 unspecified atom stereocenters. The van der Waals surface area contributed by atoms with Gasteiger partial charge in [0, 0.05) is 14.2 Å². The van der Waals surface area contributed by atoms with Gasteiger partial charge < -0.3 is 15.2 Å². The second kappa shape index (κ2) is 8.88. The van der Waals surface area contributed by atoms with Crippen LogP contribution < -0.4 is 10.5 Å². The fraction of sp³-hybridized carbons (Fsp3) is 0.417. The van der Waals surface area contributed by atoms with Crippen molar-refractivity contribution in [2.75, 3.05) is 27.9 Å². The molecule has 0 aliphatic carbocycles. The van der Waals surface area contributed by atoms with Crippen LogP contribution in [0.1, 0.15) is 15.9 Å². The summed E-state index contributed by atoms with van der Waals surface area (Å²) >= 11 is 0. The van der Waals surface area contributed by atoms with Crippen LogP contribution in [0.2, 0.25) is 0 Å². The van der Waals surface area contributed by atoms with Crippen LogP contribution >= 0.6 is 0 Å². The minimum absolute atomic E-state index is 0.572. The van der Waals surface area contributed by atoms with Crippen molar-refractivity contribution < 1.29 is 14.3 Å². The zero-order valence-corrected chi connectivity index (χ0v) is 10.0. The minimum Gasteiger partial charge on any atom is -0.496 e. The lowest BCUT2D eigenvalue weighted by Gasteiger charge is -2.05. The molecule has 0 spiro atoms. The Hall–Kier alpha value is -1.39. The Labute approximate surface area is 96.4 Å². The van der Waals surface area contributed by atoms with Crippen LogP contribution in [0, 0.1) is 0 Å². The number of benzene rings is 1. The molecule has 4 nitrogen and oxygen atoms in total. The first-order valence-electron chi connectivity index (χ1n) is 4.95. The highest BCUT2D eigenvalue weighted by molar-refractivity contribution is 5.79. The Morgan fingerprint density at radius 2 is 1.94 bits per heavy atom. The van der Waals surface area contributed by atoms with E-state index in [-0.39, 0.29) is 0 Å². The van der Waals surface area contributed by atoms with E-state index in [1.54, 1.807) is 27.4 Å². The quantitative estimate of drug-likeness (QED) is 0.784. The van der Waals surface area contributed by atoms with E-state index in [2.05, 4.69) is 4.74 Å². The van der Waals surface area contributed by atoms with Gasteiger partial charge in [-0.2, -0.15) is 0 Å². The SMILES string of the molecule is COC.COc1cc(CCN)ccc1C=O. The average Bonchev–Trinajstić information content (AvgIpc) is 2.30. The molecule has 0 amide bonds. The van der Waals surface area contributed by atoms with E-state index in [0.717, 1.165) is 18.3 Å². The van der Waals surface area contributed by atoms with E-state index in [1.165, 1.54) is 0 Å². The van der Waals surface area contributed by atoms with Gasteiger partial charge >= 0.3 is 0 Å².